The SMILES string of the molecule is C=CCC1(CC(=C)c2ccccc2)CCc2ccccc2C1=O. The van der Waals surface area contributed by atoms with Gasteiger partial charge in [0.25, 0.3) is 0 Å². The summed E-state index contributed by atoms with van der Waals surface area (Å²) >= 11 is 0. The molecule has 0 spiro atoms. The molecule has 0 aliphatic heterocycles. The van der Waals surface area contributed by atoms with Gasteiger partial charge in [0.15, 0.2) is 5.78 Å². The Morgan fingerprint density at radius 2 is 1.78 bits per heavy atom. The van der Waals surface area contributed by atoms with E-state index in [1.807, 2.05) is 42.5 Å². The minimum absolute atomic E-state index is 0.247. The topological polar surface area (TPSA) is 17.1 Å². The monoisotopic (exact) mass is 302 g/mol. The summed E-state index contributed by atoms with van der Waals surface area (Å²) in [5.74, 6) is 0.247. The van der Waals surface area contributed by atoms with Crippen molar-refractivity contribution in [2.45, 2.75) is 25.7 Å². The molecule has 23 heavy (non-hydrogen) atoms. The maximum atomic E-state index is 13.2. The molecule has 1 nitrogen and oxygen atoms in total. The minimum Gasteiger partial charge on any atom is -0.294 e. The summed E-state index contributed by atoms with van der Waals surface area (Å²) in [6.45, 7) is 8.14. The number of aryl methyl sites for hydroxylation is 1. The number of rotatable bonds is 5. The van der Waals surface area contributed by atoms with Crippen molar-refractivity contribution in [3.8, 4) is 0 Å². The van der Waals surface area contributed by atoms with E-state index >= 15 is 0 Å². The fraction of sp³-hybridized carbons (Fsp3) is 0.227. The van der Waals surface area contributed by atoms with Crippen LogP contribution in [0.15, 0.2) is 73.8 Å². The van der Waals surface area contributed by atoms with Gasteiger partial charge in [-0.05, 0) is 42.4 Å². The summed E-state index contributed by atoms with van der Waals surface area (Å²) in [6.07, 6.45) is 5.07. The van der Waals surface area contributed by atoms with E-state index < -0.39 is 5.41 Å². The molecule has 0 heterocycles. The Bertz CT molecular complexity index is 742. The predicted molar refractivity (Wildman–Crippen MR) is 96.4 cm³/mol. The molecule has 0 bridgehead atoms. The molecule has 0 amide bonds. The van der Waals surface area contributed by atoms with Crippen LogP contribution in [0.3, 0.4) is 0 Å². The Hall–Kier alpha value is -2.41. The van der Waals surface area contributed by atoms with Gasteiger partial charge in [-0.3, -0.25) is 4.79 Å². The molecule has 0 radical (unpaired) electrons. The number of hydrogen-bond acceptors (Lipinski definition) is 1. The fourth-order valence-electron chi connectivity index (χ4n) is 3.63. The van der Waals surface area contributed by atoms with Gasteiger partial charge in [0, 0.05) is 11.0 Å². The van der Waals surface area contributed by atoms with Crippen LogP contribution in [0.25, 0.3) is 5.57 Å². The van der Waals surface area contributed by atoms with Gasteiger partial charge in [-0.15, -0.1) is 6.58 Å². The summed E-state index contributed by atoms with van der Waals surface area (Å²) < 4.78 is 0. The molecule has 1 heteroatoms. The quantitative estimate of drug-likeness (QED) is 0.668. The summed E-state index contributed by atoms with van der Waals surface area (Å²) in [4.78, 5) is 13.2. The lowest BCUT2D eigenvalue weighted by Gasteiger charge is -2.36. The van der Waals surface area contributed by atoms with Crippen molar-refractivity contribution in [3.05, 3.63) is 90.5 Å². The summed E-state index contributed by atoms with van der Waals surface area (Å²) in [7, 11) is 0. The number of benzene rings is 2. The van der Waals surface area contributed by atoms with Crippen LogP contribution in [-0.4, -0.2) is 5.78 Å². The molecule has 3 rings (SSSR count). The van der Waals surface area contributed by atoms with Gasteiger partial charge in [-0.1, -0.05) is 67.3 Å². The second-order valence-electron chi connectivity index (χ2n) is 6.41. The van der Waals surface area contributed by atoms with Crippen LogP contribution < -0.4 is 0 Å². The van der Waals surface area contributed by atoms with Crippen LogP contribution in [0, 0.1) is 5.41 Å². The van der Waals surface area contributed by atoms with E-state index in [1.54, 1.807) is 0 Å². The van der Waals surface area contributed by atoms with Crippen LogP contribution in [0.2, 0.25) is 0 Å². The first-order chi connectivity index (χ1) is 11.2. The number of carbonyl (C=O) groups is 1. The molecule has 0 saturated carbocycles. The van der Waals surface area contributed by atoms with Crippen molar-refractivity contribution in [2.24, 2.45) is 5.41 Å². The Morgan fingerprint density at radius 1 is 1.09 bits per heavy atom. The molecular formula is C22H22O. The molecule has 0 saturated heterocycles. The van der Waals surface area contributed by atoms with E-state index in [1.165, 1.54) is 5.56 Å². The Kier molecular flexibility index (Phi) is 4.29. The molecule has 116 valence electrons. The van der Waals surface area contributed by atoms with Gasteiger partial charge < -0.3 is 0 Å². The maximum Gasteiger partial charge on any atom is 0.169 e. The number of carbonyl (C=O) groups excluding carboxylic acids is 1. The van der Waals surface area contributed by atoms with Gasteiger partial charge >= 0.3 is 0 Å². The van der Waals surface area contributed by atoms with Crippen molar-refractivity contribution in [3.63, 3.8) is 0 Å². The molecule has 0 aromatic heterocycles. The lowest BCUT2D eigenvalue weighted by atomic mass is 9.65. The van der Waals surface area contributed by atoms with Crippen molar-refractivity contribution in [1.82, 2.24) is 0 Å². The normalized spacial score (nSPS) is 19.9. The third-order valence-electron chi connectivity index (χ3n) is 4.89. The highest BCUT2D eigenvalue weighted by Gasteiger charge is 2.41. The minimum atomic E-state index is -0.400. The summed E-state index contributed by atoms with van der Waals surface area (Å²) in [5, 5.41) is 0. The molecule has 1 unspecified atom stereocenters. The van der Waals surface area contributed by atoms with Crippen LogP contribution >= 0.6 is 0 Å². The van der Waals surface area contributed by atoms with Gasteiger partial charge in [0.05, 0.1) is 0 Å². The molecule has 2 aromatic rings. The number of fused-ring (bicyclic) bond motifs is 1. The first-order valence-corrected chi connectivity index (χ1v) is 8.13. The molecule has 2 aromatic carbocycles. The van der Waals surface area contributed by atoms with Crippen LogP contribution in [-0.2, 0) is 6.42 Å². The van der Waals surface area contributed by atoms with Gasteiger partial charge in [0.1, 0.15) is 0 Å². The van der Waals surface area contributed by atoms with E-state index in [4.69, 9.17) is 0 Å². The zero-order valence-corrected chi connectivity index (χ0v) is 13.4. The Balaban J connectivity index is 1.94. The van der Waals surface area contributed by atoms with E-state index in [0.29, 0.717) is 12.8 Å². The van der Waals surface area contributed by atoms with E-state index in [-0.39, 0.29) is 5.78 Å². The van der Waals surface area contributed by atoms with Crippen molar-refractivity contribution in [1.29, 1.82) is 0 Å². The van der Waals surface area contributed by atoms with Crippen molar-refractivity contribution < 1.29 is 4.79 Å². The highest BCUT2D eigenvalue weighted by molar-refractivity contribution is 6.03. The second-order valence-corrected chi connectivity index (χ2v) is 6.41. The third kappa shape index (κ3) is 2.92. The van der Waals surface area contributed by atoms with Crippen molar-refractivity contribution in [2.75, 3.05) is 0 Å². The second kappa shape index (κ2) is 6.37. The summed E-state index contributed by atoms with van der Waals surface area (Å²) in [6, 6.07) is 18.1. The highest BCUT2D eigenvalue weighted by Crippen LogP contribution is 2.44. The average Bonchev–Trinajstić information content (AvgIpc) is 2.59. The molecule has 1 aliphatic carbocycles. The van der Waals surface area contributed by atoms with Crippen molar-refractivity contribution >= 4 is 11.4 Å². The lowest BCUT2D eigenvalue weighted by molar-refractivity contribution is 0.0766. The van der Waals surface area contributed by atoms with Gasteiger partial charge in [-0.25, -0.2) is 0 Å². The number of ketones is 1. The number of hydrogen-bond donors (Lipinski definition) is 0. The standard InChI is InChI=1S/C22H22O/c1-3-14-22(16-17(2)18-9-5-4-6-10-18)15-13-19-11-7-8-12-20(19)21(22)23/h3-12H,1-2,13-16H2. The van der Waals surface area contributed by atoms with Crippen LogP contribution in [0.1, 0.15) is 40.7 Å². The van der Waals surface area contributed by atoms with Crippen LogP contribution in [0.4, 0.5) is 0 Å². The Labute approximate surface area is 138 Å². The largest absolute Gasteiger partial charge is 0.294 e. The molecule has 0 fully saturated rings. The number of Topliss-reactive ketones (excluding diaryl/α,β-unsaturated/α-hetero) is 1. The van der Waals surface area contributed by atoms with Gasteiger partial charge in [0.2, 0.25) is 0 Å². The zero-order valence-electron chi connectivity index (χ0n) is 13.4. The lowest BCUT2D eigenvalue weighted by Crippen LogP contribution is -2.36. The highest BCUT2D eigenvalue weighted by atomic mass is 16.1. The van der Waals surface area contributed by atoms with Crippen LogP contribution in [0.5, 0.6) is 0 Å². The maximum absolute atomic E-state index is 13.2. The molecular weight excluding hydrogens is 280 g/mol. The van der Waals surface area contributed by atoms with E-state index in [9.17, 15) is 4.79 Å². The van der Waals surface area contributed by atoms with E-state index in [2.05, 4.69) is 31.4 Å². The zero-order chi connectivity index (χ0) is 16.3. The smallest absolute Gasteiger partial charge is 0.169 e. The molecule has 1 aliphatic rings. The molecule has 0 N–H and O–H groups in total. The molecule has 1 atom stereocenters. The average molecular weight is 302 g/mol. The third-order valence-corrected chi connectivity index (χ3v) is 4.89. The Morgan fingerprint density at radius 3 is 2.52 bits per heavy atom. The van der Waals surface area contributed by atoms with E-state index in [0.717, 1.165) is 29.5 Å². The predicted octanol–water partition coefficient (Wildman–Crippen LogP) is 5.48. The van der Waals surface area contributed by atoms with Gasteiger partial charge in [-0.2, -0.15) is 0 Å². The first kappa shape index (κ1) is 15.5. The summed E-state index contributed by atoms with van der Waals surface area (Å²) in [5.41, 5.74) is 3.79. The number of allylic oxidation sites excluding steroid dienone is 2. The first-order valence-electron chi connectivity index (χ1n) is 8.13. The fourth-order valence-corrected chi connectivity index (χ4v) is 3.63.